The van der Waals surface area contributed by atoms with Gasteiger partial charge in [0.25, 0.3) is 10.1 Å². The molecule has 1 amide bonds. The Kier molecular flexibility index (Phi) is 7.92. The molecule has 0 saturated heterocycles. The van der Waals surface area contributed by atoms with E-state index in [-0.39, 0.29) is 18.7 Å². The van der Waals surface area contributed by atoms with Crippen LogP contribution in [0.5, 0.6) is 0 Å². The van der Waals surface area contributed by atoms with Gasteiger partial charge in [-0.05, 0) is 19.3 Å². The van der Waals surface area contributed by atoms with Crippen molar-refractivity contribution >= 4 is 21.8 Å². The van der Waals surface area contributed by atoms with Crippen molar-refractivity contribution in [3.05, 3.63) is 0 Å². The number of ketones is 1. The maximum atomic E-state index is 12.1. The molecular formula is C12H24N2O5S. The van der Waals surface area contributed by atoms with Crippen LogP contribution in [0.25, 0.3) is 0 Å². The average Bonchev–Trinajstić information content (AvgIpc) is 2.25. The fraction of sp³-hybridized carbons (Fsp3) is 0.833. The Labute approximate surface area is 120 Å². The van der Waals surface area contributed by atoms with Crippen LogP contribution in [-0.2, 0) is 19.7 Å². The van der Waals surface area contributed by atoms with E-state index in [0.717, 1.165) is 0 Å². The Hall–Kier alpha value is -0.990. The Morgan fingerprint density at radius 3 is 2.20 bits per heavy atom. The third-order valence-electron chi connectivity index (χ3n) is 2.73. The second-order valence-corrected chi connectivity index (χ2v) is 6.88. The van der Waals surface area contributed by atoms with Gasteiger partial charge in [0.05, 0.1) is 11.8 Å². The molecular weight excluding hydrogens is 284 g/mol. The van der Waals surface area contributed by atoms with E-state index in [9.17, 15) is 18.0 Å². The summed E-state index contributed by atoms with van der Waals surface area (Å²) in [5.74, 6) is -0.877. The van der Waals surface area contributed by atoms with Gasteiger partial charge in [-0.2, -0.15) is 8.42 Å². The Morgan fingerprint density at radius 1 is 1.25 bits per heavy atom. The smallest absolute Gasteiger partial charge is 0.266 e. The summed E-state index contributed by atoms with van der Waals surface area (Å²) in [5.41, 5.74) is 5.64. The molecule has 0 saturated carbocycles. The number of hydrogen-bond acceptors (Lipinski definition) is 5. The largest absolute Gasteiger partial charge is 0.340 e. The second kappa shape index (κ2) is 8.33. The summed E-state index contributed by atoms with van der Waals surface area (Å²) in [6.07, 6.45) is 0.604. The molecule has 1 atom stereocenters. The molecule has 0 heterocycles. The molecule has 0 spiro atoms. The summed E-state index contributed by atoms with van der Waals surface area (Å²) in [7, 11) is -4.14. The Balaban J connectivity index is 4.72. The van der Waals surface area contributed by atoms with Crippen LogP contribution in [0.2, 0.25) is 0 Å². The van der Waals surface area contributed by atoms with Gasteiger partial charge < -0.3 is 10.6 Å². The lowest BCUT2D eigenvalue weighted by Gasteiger charge is -2.25. The van der Waals surface area contributed by atoms with Gasteiger partial charge in [0, 0.05) is 19.5 Å². The van der Waals surface area contributed by atoms with Crippen LogP contribution in [-0.4, -0.2) is 54.4 Å². The number of nitrogens with zero attached hydrogens (tertiary/aromatic N) is 1. The number of rotatable bonds is 9. The lowest BCUT2D eigenvalue weighted by molar-refractivity contribution is -0.134. The molecule has 20 heavy (non-hydrogen) atoms. The van der Waals surface area contributed by atoms with Crippen molar-refractivity contribution < 1.29 is 22.6 Å². The van der Waals surface area contributed by atoms with Crippen molar-refractivity contribution in [2.24, 2.45) is 11.7 Å². The van der Waals surface area contributed by atoms with Crippen molar-refractivity contribution in [3.63, 3.8) is 0 Å². The molecule has 0 aliphatic rings. The lowest BCUT2D eigenvalue weighted by atomic mass is 10.1. The summed E-state index contributed by atoms with van der Waals surface area (Å²) >= 11 is 0. The van der Waals surface area contributed by atoms with E-state index in [4.69, 9.17) is 10.3 Å². The maximum Gasteiger partial charge on any atom is 0.266 e. The fourth-order valence-corrected chi connectivity index (χ4v) is 2.05. The number of amides is 1. The maximum absolute atomic E-state index is 12.1. The molecule has 0 aliphatic heterocycles. The summed E-state index contributed by atoms with van der Waals surface area (Å²) in [5, 5.41) is 0. The van der Waals surface area contributed by atoms with E-state index in [2.05, 4.69) is 0 Å². The van der Waals surface area contributed by atoms with Gasteiger partial charge in [-0.1, -0.05) is 13.8 Å². The standard InChI is InChI=1S/C12H24N2O5S/c1-9(2)4-5-14(6-7-20(17,18)19)12(16)11(13)8-10(3)15/h9,11H,4-8,13H2,1-3H3,(H,17,18,19). The summed E-state index contributed by atoms with van der Waals surface area (Å²) in [6, 6.07) is -0.971. The molecule has 8 heteroatoms. The van der Waals surface area contributed by atoms with Gasteiger partial charge in [0.15, 0.2) is 0 Å². The highest BCUT2D eigenvalue weighted by Gasteiger charge is 2.23. The summed E-state index contributed by atoms with van der Waals surface area (Å²) in [4.78, 5) is 24.4. The number of hydrogen-bond donors (Lipinski definition) is 2. The van der Waals surface area contributed by atoms with E-state index < -0.39 is 27.8 Å². The molecule has 0 aromatic heterocycles. The molecule has 0 fully saturated rings. The Morgan fingerprint density at radius 2 is 1.80 bits per heavy atom. The topological polar surface area (TPSA) is 118 Å². The van der Waals surface area contributed by atoms with E-state index in [1.807, 2.05) is 13.8 Å². The van der Waals surface area contributed by atoms with Crippen LogP contribution in [0, 0.1) is 5.92 Å². The van der Waals surface area contributed by atoms with E-state index >= 15 is 0 Å². The van der Waals surface area contributed by atoms with Crippen molar-refractivity contribution in [3.8, 4) is 0 Å². The predicted octanol–water partition coefficient (Wildman–Crippen LogP) is 0.0553. The SMILES string of the molecule is CC(=O)CC(N)C(=O)N(CCC(C)C)CCS(=O)(=O)O. The van der Waals surface area contributed by atoms with Gasteiger partial charge in [-0.15, -0.1) is 0 Å². The average molecular weight is 308 g/mol. The molecule has 0 bridgehead atoms. The third-order valence-corrected chi connectivity index (χ3v) is 3.43. The summed E-state index contributed by atoms with van der Waals surface area (Å²) < 4.78 is 30.3. The quantitative estimate of drug-likeness (QED) is 0.581. The van der Waals surface area contributed by atoms with Crippen molar-refractivity contribution in [1.82, 2.24) is 4.90 Å². The molecule has 0 aliphatic carbocycles. The van der Waals surface area contributed by atoms with Crippen molar-refractivity contribution in [1.29, 1.82) is 0 Å². The van der Waals surface area contributed by atoms with Crippen molar-refractivity contribution in [2.45, 2.75) is 39.7 Å². The minimum absolute atomic E-state index is 0.0805. The molecule has 118 valence electrons. The Bertz CT molecular complexity index is 433. The number of carbonyl (C=O) groups excluding carboxylic acids is 2. The van der Waals surface area contributed by atoms with Crippen LogP contribution in [0.4, 0.5) is 0 Å². The highest BCUT2D eigenvalue weighted by Crippen LogP contribution is 2.06. The monoisotopic (exact) mass is 308 g/mol. The first kappa shape index (κ1) is 19.0. The van der Waals surface area contributed by atoms with E-state index in [1.54, 1.807) is 0 Å². The van der Waals surface area contributed by atoms with Gasteiger partial charge in [0.2, 0.25) is 5.91 Å². The first-order valence-corrected chi connectivity index (χ1v) is 8.12. The molecule has 0 radical (unpaired) electrons. The lowest BCUT2D eigenvalue weighted by Crippen LogP contribution is -2.46. The van der Waals surface area contributed by atoms with Crippen LogP contribution < -0.4 is 5.73 Å². The number of carbonyl (C=O) groups is 2. The van der Waals surface area contributed by atoms with Crippen LogP contribution >= 0.6 is 0 Å². The number of nitrogens with two attached hydrogens (primary N) is 1. The molecule has 0 aromatic rings. The zero-order chi connectivity index (χ0) is 15.9. The molecule has 0 rings (SSSR count). The molecule has 7 nitrogen and oxygen atoms in total. The minimum Gasteiger partial charge on any atom is -0.340 e. The third kappa shape index (κ3) is 9.00. The summed E-state index contributed by atoms with van der Waals surface area (Å²) in [6.45, 7) is 5.50. The normalized spacial score (nSPS) is 13.3. The van der Waals surface area contributed by atoms with E-state index in [0.29, 0.717) is 18.9 Å². The molecule has 0 aromatic carbocycles. The minimum atomic E-state index is -4.14. The van der Waals surface area contributed by atoms with Gasteiger partial charge >= 0.3 is 0 Å². The second-order valence-electron chi connectivity index (χ2n) is 5.31. The predicted molar refractivity (Wildman–Crippen MR) is 75.7 cm³/mol. The van der Waals surface area contributed by atoms with Gasteiger partial charge in [0.1, 0.15) is 5.78 Å². The first-order valence-electron chi connectivity index (χ1n) is 6.52. The van der Waals surface area contributed by atoms with Crippen LogP contribution in [0.15, 0.2) is 0 Å². The van der Waals surface area contributed by atoms with Crippen LogP contribution in [0.3, 0.4) is 0 Å². The zero-order valence-electron chi connectivity index (χ0n) is 12.2. The zero-order valence-corrected chi connectivity index (χ0v) is 13.0. The van der Waals surface area contributed by atoms with Gasteiger partial charge in [-0.3, -0.25) is 14.1 Å². The van der Waals surface area contributed by atoms with Crippen LogP contribution in [0.1, 0.15) is 33.6 Å². The first-order chi connectivity index (χ1) is 9.03. The number of Topliss-reactive ketones (excluding diaryl/α,β-unsaturated/α-hetero) is 1. The van der Waals surface area contributed by atoms with E-state index in [1.165, 1.54) is 11.8 Å². The van der Waals surface area contributed by atoms with Crippen molar-refractivity contribution in [2.75, 3.05) is 18.8 Å². The van der Waals surface area contributed by atoms with Gasteiger partial charge in [-0.25, -0.2) is 0 Å². The highest BCUT2D eigenvalue weighted by molar-refractivity contribution is 7.85. The molecule has 1 unspecified atom stereocenters. The highest BCUT2D eigenvalue weighted by atomic mass is 32.2. The fourth-order valence-electron chi connectivity index (χ4n) is 1.60. The molecule has 3 N–H and O–H groups in total.